The highest BCUT2D eigenvalue weighted by Gasteiger charge is 2.46. The number of hydrogen-bond donors (Lipinski definition) is 15. The van der Waals surface area contributed by atoms with Crippen LogP contribution < -0.4 is 21.3 Å². The zero-order chi connectivity index (χ0) is 47.5. The second-order valence-corrected chi connectivity index (χ2v) is 15.8. The molecule has 16 atom stereocenters. The normalized spacial score (nSPS) is 33.6. The zero-order valence-electron chi connectivity index (χ0n) is 36.0. The molecule has 3 fully saturated rings. The Morgan fingerprint density at radius 3 is 1.62 bits per heavy atom. The number of nitrogens with one attached hydrogen (secondary N) is 4. The van der Waals surface area contributed by atoms with Crippen LogP contribution in [0.1, 0.15) is 46.0 Å². The van der Waals surface area contributed by atoms with E-state index in [0.717, 1.165) is 0 Å². The van der Waals surface area contributed by atoms with E-state index in [9.17, 15) is 75.3 Å². The molecule has 3 saturated heterocycles. The third kappa shape index (κ3) is 17.4. The second kappa shape index (κ2) is 28.4. The van der Waals surface area contributed by atoms with Gasteiger partial charge in [0.25, 0.3) is 0 Å². The Kier molecular flexibility index (Phi) is 24.6. The van der Waals surface area contributed by atoms with E-state index in [0.29, 0.717) is 32.2 Å². The molecule has 15 N–H and O–H groups in total. The molecule has 0 radical (unpaired) electrons. The molecule has 0 saturated carbocycles. The number of nitrogens with zero attached hydrogens (tertiary/aromatic N) is 1. The summed E-state index contributed by atoms with van der Waals surface area (Å²) in [6, 6.07) is -1.05. The largest absolute Gasteiger partial charge is 0.394 e. The molecule has 372 valence electrons. The third-order valence-electron chi connectivity index (χ3n) is 10.7. The van der Waals surface area contributed by atoms with Crippen LogP contribution in [0.3, 0.4) is 0 Å². The van der Waals surface area contributed by atoms with Gasteiger partial charge in [0.2, 0.25) is 23.6 Å². The Hall–Kier alpha value is -2.84. The van der Waals surface area contributed by atoms with Crippen molar-refractivity contribution < 1.29 is 104 Å². The van der Waals surface area contributed by atoms with Crippen molar-refractivity contribution in [2.45, 2.75) is 144 Å². The summed E-state index contributed by atoms with van der Waals surface area (Å²) >= 11 is 0. The minimum absolute atomic E-state index is 0.0811. The van der Waals surface area contributed by atoms with Crippen LogP contribution in [0, 0.1) is 0 Å². The van der Waals surface area contributed by atoms with Crippen LogP contribution in [0.4, 0.5) is 0 Å². The van der Waals surface area contributed by atoms with Crippen molar-refractivity contribution in [3.63, 3.8) is 0 Å². The number of amides is 4. The molecular formula is C38H69N5O21. The molecule has 0 aromatic rings. The zero-order valence-corrected chi connectivity index (χ0v) is 36.0. The summed E-state index contributed by atoms with van der Waals surface area (Å²) in [5.74, 6) is -2.04. The lowest BCUT2D eigenvalue weighted by Gasteiger charge is -2.40. The molecule has 0 aliphatic carbocycles. The van der Waals surface area contributed by atoms with E-state index >= 15 is 0 Å². The van der Waals surface area contributed by atoms with Gasteiger partial charge in [-0.2, -0.15) is 0 Å². The Labute approximate surface area is 369 Å². The predicted molar refractivity (Wildman–Crippen MR) is 214 cm³/mol. The highest BCUT2D eigenvalue weighted by molar-refractivity contribution is 5.84. The summed E-state index contributed by atoms with van der Waals surface area (Å²) in [7, 11) is 0. The van der Waals surface area contributed by atoms with Gasteiger partial charge in [0.15, 0.2) is 18.9 Å². The molecule has 64 heavy (non-hydrogen) atoms. The van der Waals surface area contributed by atoms with E-state index in [1.165, 1.54) is 11.8 Å². The molecule has 26 heteroatoms. The van der Waals surface area contributed by atoms with Crippen molar-refractivity contribution in [3.8, 4) is 0 Å². The number of aliphatic hydroxyl groups is 11. The summed E-state index contributed by atoms with van der Waals surface area (Å²) in [5, 5.41) is 121. The number of rotatable bonds is 27. The fourth-order valence-electron chi connectivity index (χ4n) is 6.92. The van der Waals surface area contributed by atoms with Crippen LogP contribution in [0.15, 0.2) is 0 Å². The van der Waals surface area contributed by atoms with Gasteiger partial charge in [-0.1, -0.05) is 6.42 Å². The summed E-state index contributed by atoms with van der Waals surface area (Å²) < 4.78 is 32.8. The number of unbranched alkanes of at least 4 members (excludes halogenated alkanes) is 2. The molecule has 0 aromatic carbocycles. The Morgan fingerprint density at radius 2 is 1.06 bits per heavy atom. The van der Waals surface area contributed by atoms with Gasteiger partial charge in [0.1, 0.15) is 67.1 Å². The van der Waals surface area contributed by atoms with Crippen LogP contribution in [0.5, 0.6) is 0 Å². The molecule has 0 aromatic heterocycles. The predicted octanol–water partition coefficient (Wildman–Crippen LogP) is -8.43. The number of hydrogen-bond acceptors (Lipinski definition) is 22. The summed E-state index contributed by atoms with van der Waals surface area (Å²) in [6.45, 7) is -0.0531. The highest BCUT2D eigenvalue weighted by atomic mass is 16.7. The van der Waals surface area contributed by atoms with Gasteiger partial charge in [-0.15, -0.1) is 0 Å². The van der Waals surface area contributed by atoms with Gasteiger partial charge in [0, 0.05) is 26.1 Å². The van der Waals surface area contributed by atoms with E-state index in [4.69, 9.17) is 28.4 Å². The Bertz CT molecular complexity index is 1410. The topological polar surface area (TPSA) is 398 Å². The summed E-state index contributed by atoms with van der Waals surface area (Å²) in [5.41, 5.74) is 0. The van der Waals surface area contributed by atoms with Gasteiger partial charge >= 0.3 is 0 Å². The molecule has 26 nitrogen and oxygen atoms in total. The maximum absolute atomic E-state index is 13.6. The Morgan fingerprint density at radius 1 is 0.562 bits per heavy atom. The lowest BCUT2D eigenvalue weighted by Crippen LogP contribution is -2.60. The van der Waals surface area contributed by atoms with Crippen LogP contribution in [0.25, 0.3) is 0 Å². The van der Waals surface area contributed by atoms with E-state index in [2.05, 4.69) is 21.3 Å². The molecule has 1 unspecified atom stereocenters. The van der Waals surface area contributed by atoms with E-state index < -0.39 is 155 Å². The molecule has 3 aliphatic rings. The van der Waals surface area contributed by atoms with Crippen LogP contribution in [-0.2, 0) is 47.6 Å². The van der Waals surface area contributed by atoms with Gasteiger partial charge in [-0.3, -0.25) is 24.1 Å². The third-order valence-corrected chi connectivity index (χ3v) is 10.7. The van der Waals surface area contributed by atoms with Crippen molar-refractivity contribution in [1.29, 1.82) is 0 Å². The van der Waals surface area contributed by atoms with Gasteiger partial charge in [0.05, 0.1) is 64.8 Å². The SMILES string of the molecule is CCNC(=O)CCCCCNC(=O)CN(CC(=O)NCCO[C@@H]1O[C@@H](C)[C@@H](O)[C@@H](O)[C@@H]1O)CC(=O)NC(CCO[C@H]1O[C@H](CO)[C@@H](O)[C@H](O)[C@@H]1O)CO[C@H]1O[C@H](CO)[C@@H](O)[C@H](O)[C@@H]1O. The maximum atomic E-state index is 13.6. The number of carbonyl (C=O) groups excluding carboxylic acids is 4. The molecule has 0 bridgehead atoms. The van der Waals surface area contributed by atoms with Crippen molar-refractivity contribution in [2.75, 3.05) is 72.3 Å². The molecular weight excluding hydrogens is 862 g/mol. The summed E-state index contributed by atoms with van der Waals surface area (Å²) in [4.78, 5) is 52.6. The molecule has 3 aliphatic heterocycles. The molecule has 3 heterocycles. The standard InChI is InChI=1S/C38H69N5O21/c1-3-39-23(46)7-5-4-6-9-40-24(47)13-43(14-25(48)41-10-12-60-36-33(56)30(53)27(50)19(2)62-36)15-26(49)42-20(18-61-38-35(58)32(55)29(52)22(17-45)64-38)8-11-59-37-34(57)31(54)28(51)21(16-44)63-37/h19-22,27-38,44-45,50-58H,3-18H2,1-2H3,(H,39,46)(H,40,47)(H,41,48)(H,42,49)/t19-,20?,21+,22+,27+,28+,29+,30+,31-,32-,33-,34-,35-,36+,37-,38-/m0/s1. The average molecular weight is 932 g/mol. The minimum Gasteiger partial charge on any atom is -0.394 e. The summed E-state index contributed by atoms with van der Waals surface area (Å²) in [6.07, 6.45) is -20.7. The quantitative estimate of drug-likeness (QED) is 0.0340. The Balaban J connectivity index is 1.66. The first-order chi connectivity index (χ1) is 30.4. The lowest BCUT2D eigenvalue weighted by molar-refractivity contribution is -0.304. The van der Waals surface area contributed by atoms with E-state index in [-0.39, 0.29) is 38.6 Å². The molecule has 3 rings (SSSR count). The van der Waals surface area contributed by atoms with Gasteiger partial charge < -0.3 is 106 Å². The first kappa shape index (κ1) is 55.5. The fourth-order valence-corrected chi connectivity index (χ4v) is 6.92. The maximum Gasteiger partial charge on any atom is 0.234 e. The molecule has 0 spiro atoms. The van der Waals surface area contributed by atoms with Crippen LogP contribution in [-0.4, -0.2) is 255 Å². The monoisotopic (exact) mass is 931 g/mol. The van der Waals surface area contributed by atoms with Crippen molar-refractivity contribution in [1.82, 2.24) is 26.2 Å². The van der Waals surface area contributed by atoms with E-state index in [1.54, 1.807) is 0 Å². The number of carbonyl (C=O) groups is 4. The molecule has 4 amide bonds. The smallest absolute Gasteiger partial charge is 0.234 e. The number of aliphatic hydroxyl groups excluding tert-OH is 11. The van der Waals surface area contributed by atoms with Gasteiger partial charge in [-0.25, -0.2) is 0 Å². The van der Waals surface area contributed by atoms with Crippen molar-refractivity contribution >= 4 is 23.6 Å². The minimum atomic E-state index is -1.79. The number of ether oxygens (including phenoxy) is 6. The first-order valence-corrected chi connectivity index (χ1v) is 21.4. The van der Waals surface area contributed by atoms with Crippen LogP contribution >= 0.6 is 0 Å². The average Bonchev–Trinajstić information content (AvgIpc) is 3.25. The van der Waals surface area contributed by atoms with Crippen molar-refractivity contribution in [2.24, 2.45) is 0 Å². The van der Waals surface area contributed by atoms with Crippen molar-refractivity contribution in [3.05, 3.63) is 0 Å². The second-order valence-electron chi connectivity index (χ2n) is 15.8. The van der Waals surface area contributed by atoms with E-state index in [1.807, 2.05) is 6.92 Å². The fraction of sp³-hybridized carbons (Fsp3) is 0.895. The van der Waals surface area contributed by atoms with Gasteiger partial charge in [-0.05, 0) is 33.1 Å². The lowest BCUT2D eigenvalue weighted by atomic mass is 9.99. The van der Waals surface area contributed by atoms with Crippen LogP contribution in [0.2, 0.25) is 0 Å². The first-order valence-electron chi connectivity index (χ1n) is 21.4. The highest BCUT2D eigenvalue weighted by Crippen LogP contribution is 2.24.